The Morgan fingerprint density at radius 2 is 1.90 bits per heavy atom. The fraction of sp³-hybridized carbons (Fsp3) is 0.263. The number of alkyl halides is 3. The van der Waals surface area contributed by atoms with Crippen molar-refractivity contribution in [2.75, 3.05) is 5.32 Å². The highest BCUT2D eigenvalue weighted by molar-refractivity contribution is 8.00. The second kappa shape index (κ2) is 8.65. The summed E-state index contributed by atoms with van der Waals surface area (Å²) in [5, 5.41) is 14.5. The first-order chi connectivity index (χ1) is 14.0. The van der Waals surface area contributed by atoms with E-state index in [-0.39, 0.29) is 5.69 Å². The number of rotatable bonds is 5. The Balaban J connectivity index is 1.67. The molecular formula is C19H17ClF3N5OS. The van der Waals surface area contributed by atoms with E-state index >= 15 is 0 Å². The van der Waals surface area contributed by atoms with Crippen molar-refractivity contribution >= 4 is 35.0 Å². The zero-order valence-corrected chi connectivity index (χ0v) is 17.7. The molecule has 0 aliphatic carbocycles. The highest BCUT2D eigenvalue weighted by atomic mass is 35.5. The van der Waals surface area contributed by atoms with Crippen molar-refractivity contribution in [2.45, 2.75) is 37.2 Å². The molecule has 11 heteroatoms. The molecule has 2 heterocycles. The van der Waals surface area contributed by atoms with Gasteiger partial charge in [0.2, 0.25) is 5.91 Å². The van der Waals surface area contributed by atoms with Crippen LogP contribution in [0.2, 0.25) is 5.02 Å². The van der Waals surface area contributed by atoms with E-state index in [2.05, 4.69) is 20.6 Å². The molecule has 0 unspecified atom stereocenters. The molecule has 2 aromatic heterocycles. The van der Waals surface area contributed by atoms with Crippen LogP contribution in [0.4, 0.5) is 18.9 Å². The molecule has 1 aromatic carbocycles. The van der Waals surface area contributed by atoms with Gasteiger partial charge in [-0.1, -0.05) is 23.4 Å². The Morgan fingerprint density at radius 3 is 2.47 bits per heavy atom. The standard InChI is InChI=1S/C19H17ClF3N5OS/c1-10-8-11(2)28(27-10)16-6-7-17(26-25-16)30-12(3)18(29)24-13-4-5-15(20)14(9-13)19(21,22)23/h4-9,12H,1-3H3,(H,24,29)/t12-/m0/s1. The lowest BCUT2D eigenvalue weighted by Gasteiger charge is -2.14. The number of nitrogens with one attached hydrogen (secondary N) is 1. The number of aryl methyl sites for hydroxylation is 2. The average Bonchev–Trinajstić information content (AvgIpc) is 3.01. The molecule has 0 aliphatic rings. The second-order valence-electron chi connectivity index (χ2n) is 6.51. The largest absolute Gasteiger partial charge is 0.417 e. The molecule has 0 spiro atoms. The van der Waals surface area contributed by atoms with Gasteiger partial charge < -0.3 is 5.32 Å². The van der Waals surface area contributed by atoms with Crippen molar-refractivity contribution < 1.29 is 18.0 Å². The summed E-state index contributed by atoms with van der Waals surface area (Å²) in [4.78, 5) is 12.4. The topological polar surface area (TPSA) is 72.7 Å². The zero-order chi connectivity index (χ0) is 22.1. The molecule has 1 amide bonds. The van der Waals surface area contributed by atoms with Crippen LogP contribution in [0.3, 0.4) is 0 Å². The van der Waals surface area contributed by atoms with Crippen LogP contribution < -0.4 is 5.32 Å². The van der Waals surface area contributed by atoms with Gasteiger partial charge in [0, 0.05) is 11.4 Å². The van der Waals surface area contributed by atoms with Crippen molar-refractivity contribution in [1.82, 2.24) is 20.0 Å². The van der Waals surface area contributed by atoms with Crippen LogP contribution in [0.15, 0.2) is 41.4 Å². The third-order valence-corrected chi connectivity index (χ3v) is 5.42. The molecule has 1 atom stereocenters. The van der Waals surface area contributed by atoms with Crippen molar-refractivity contribution in [3.63, 3.8) is 0 Å². The Kier molecular flexibility index (Phi) is 6.37. The predicted octanol–water partition coefficient (Wildman–Crippen LogP) is 5.07. The fourth-order valence-electron chi connectivity index (χ4n) is 2.65. The smallest absolute Gasteiger partial charge is 0.325 e. The number of halogens is 4. The first-order valence-electron chi connectivity index (χ1n) is 8.76. The van der Waals surface area contributed by atoms with Crippen LogP contribution in [0.1, 0.15) is 23.9 Å². The van der Waals surface area contributed by atoms with E-state index in [0.29, 0.717) is 10.8 Å². The number of aromatic nitrogens is 4. The van der Waals surface area contributed by atoms with Gasteiger partial charge in [0.15, 0.2) is 5.82 Å². The number of carbonyl (C=O) groups excluding carboxylic acids is 1. The van der Waals surface area contributed by atoms with Crippen LogP contribution in [0.25, 0.3) is 5.82 Å². The van der Waals surface area contributed by atoms with E-state index in [1.807, 2.05) is 19.9 Å². The van der Waals surface area contributed by atoms with Crippen LogP contribution in [-0.2, 0) is 11.0 Å². The first-order valence-corrected chi connectivity index (χ1v) is 10.0. The van der Waals surface area contributed by atoms with E-state index in [4.69, 9.17) is 11.6 Å². The third-order valence-electron chi connectivity index (χ3n) is 4.06. The maximum Gasteiger partial charge on any atom is 0.417 e. The molecule has 0 bridgehead atoms. The summed E-state index contributed by atoms with van der Waals surface area (Å²) in [6.07, 6.45) is -4.61. The van der Waals surface area contributed by atoms with Gasteiger partial charge in [-0.05, 0) is 57.2 Å². The summed E-state index contributed by atoms with van der Waals surface area (Å²) in [7, 11) is 0. The van der Waals surface area contributed by atoms with E-state index in [9.17, 15) is 18.0 Å². The lowest BCUT2D eigenvalue weighted by atomic mass is 10.2. The SMILES string of the molecule is Cc1cc(C)n(-c2ccc(S[C@@H](C)C(=O)Nc3ccc(Cl)c(C(F)(F)F)c3)nn2)n1. The highest BCUT2D eigenvalue weighted by Crippen LogP contribution is 2.36. The molecule has 30 heavy (non-hydrogen) atoms. The monoisotopic (exact) mass is 455 g/mol. The normalized spacial score (nSPS) is 12.6. The third kappa shape index (κ3) is 5.11. The molecule has 0 fully saturated rings. The maximum absolute atomic E-state index is 13.0. The van der Waals surface area contributed by atoms with Gasteiger partial charge in [-0.15, -0.1) is 10.2 Å². The van der Waals surface area contributed by atoms with Gasteiger partial charge >= 0.3 is 6.18 Å². The average molecular weight is 456 g/mol. The van der Waals surface area contributed by atoms with Gasteiger partial charge in [-0.3, -0.25) is 4.79 Å². The maximum atomic E-state index is 13.0. The van der Waals surface area contributed by atoms with Gasteiger partial charge in [0.05, 0.1) is 21.5 Å². The summed E-state index contributed by atoms with van der Waals surface area (Å²) in [5.74, 6) is 0.0720. The molecule has 0 aliphatic heterocycles. The molecule has 3 aromatic rings. The van der Waals surface area contributed by atoms with E-state index < -0.39 is 27.9 Å². The van der Waals surface area contributed by atoms with Gasteiger partial charge in [0.1, 0.15) is 5.03 Å². The molecule has 0 saturated carbocycles. The number of hydrogen-bond acceptors (Lipinski definition) is 5. The van der Waals surface area contributed by atoms with Crippen molar-refractivity contribution in [3.05, 3.63) is 58.4 Å². The van der Waals surface area contributed by atoms with Crippen LogP contribution in [-0.4, -0.2) is 31.1 Å². The minimum absolute atomic E-state index is 0.00938. The molecule has 0 radical (unpaired) electrons. The lowest BCUT2D eigenvalue weighted by molar-refractivity contribution is -0.137. The first kappa shape index (κ1) is 22.1. The fourth-order valence-corrected chi connectivity index (χ4v) is 3.64. The van der Waals surface area contributed by atoms with E-state index in [0.717, 1.165) is 35.3 Å². The molecule has 6 nitrogen and oxygen atoms in total. The van der Waals surface area contributed by atoms with Crippen LogP contribution in [0, 0.1) is 13.8 Å². The number of hydrogen-bond donors (Lipinski definition) is 1. The van der Waals surface area contributed by atoms with Gasteiger partial charge in [-0.25, -0.2) is 4.68 Å². The quantitative estimate of drug-likeness (QED) is 0.544. The molecule has 0 saturated heterocycles. The van der Waals surface area contributed by atoms with Crippen molar-refractivity contribution in [1.29, 1.82) is 0 Å². The number of thioether (sulfide) groups is 1. The second-order valence-corrected chi connectivity index (χ2v) is 8.28. The molecular weight excluding hydrogens is 439 g/mol. The van der Waals surface area contributed by atoms with Gasteiger partial charge in [0.25, 0.3) is 0 Å². The van der Waals surface area contributed by atoms with Crippen molar-refractivity contribution in [3.8, 4) is 5.82 Å². The summed E-state index contributed by atoms with van der Waals surface area (Å²) in [5.41, 5.74) is 0.771. The number of nitrogens with zero attached hydrogens (tertiary/aromatic N) is 4. The Morgan fingerprint density at radius 1 is 1.17 bits per heavy atom. The van der Waals surface area contributed by atoms with Crippen molar-refractivity contribution in [2.24, 2.45) is 0 Å². The Labute approximate surface area is 179 Å². The minimum atomic E-state index is -4.61. The number of amides is 1. The number of carbonyl (C=O) groups is 1. The van der Waals surface area contributed by atoms with E-state index in [1.54, 1.807) is 23.7 Å². The summed E-state index contributed by atoms with van der Waals surface area (Å²) < 4.78 is 40.6. The zero-order valence-electron chi connectivity index (χ0n) is 16.2. The van der Waals surface area contributed by atoms with Gasteiger partial charge in [-0.2, -0.15) is 18.3 Å². The Bertz CT molecular complexity index is 1070. The number of benzene rings is 1. The molecule has 3 rings (SSSR count). The summed E-state index contributed by atoms with van der Waals surface area (Å²) >= 11 is 6.73. The molecule has 1 N–H and O–H groups in total. The molecule has 158 valence electrons. The lowest BCUT2D eigenvalue weighted by Crippen LogP contribution is -2.23. The van der Waals surface area contributed by atoms with Crippen LogP contribution in [0.5, 0.6) is 0 Å². The predicted molar refractivity (Wildman–Crippen MR) is 109 cm³/mol. The Hall–Kier alpha value is -2.59. The summed E-state index contributed by atoms with van der Waals surface area (Å²) in [6, 6.07) is 8.57. The number of anilines is 1. The highest BCUT2D eigenvalue weighted by Gasteiger charge is 2.33. The minimum Gasteiger partial charge on any atom is -0.325 e. The van der Waals surface area contributed by atoms with E-state index in [1.165, 1.54) is 6.07 Å². The summed E-state index contributed by atoms with van der Waals surface area (Å²) in [6.45, 7) is 5.40. The van der Waals surface area contributed by atoms with Crippen LogP contribution >= 0.6 is 23.4 Å².